The van der Waals surface area contributed by atoms with Gasteiger partial charge < -0.3 is 9.87 Å². The first kappa shape index (κ1) is 25.2. The summed E-state index contributed by atoms with van der Waals surface area (Å²) in [6.07, 6.45) is 5.56. The molecule has 1 aliphatic rings. The van der Waals surface area contributed by atoms with E-state index in [9.17, 15) is 18.5 Å². The van der Waals surface area contributed by atoms with Gasteiger partial charge in [-0.15, -0.1) is 0 Å². The van der Waals surface area contributed by atoms with Gasteiger partial charge in [0, 0.05) is 12.1 Å². The molecule has 2 amide bonds. The average molecular weight is 473 g/mol. The van der Waals surface area contributed by atoms with E-state index in [1.807, 2.05) is 49.4 Å². The van der Waals surface area contributed by atoms with E-state index in [-0.39, 0.29) is 24.1 Å². The molecule has 3 rings (SSSR count). The molecule has 1 N–H and O–H groups in total. The minimum Gasteiger partial charge on any atom is -0.614 e. The van der Waals surface area contributed by atoms with Crippen molar-refractivity contribution in [3.63, 3.8) is 0 Å². The van der Waals surface area contributed by atoms with Crippen molar-refractivity contribution in [2.45, 2.75) is 69.0 Å². The maximum absolute atomic E-state index is 12.9. The fourth-order valence-corrected chi connectivity index (χ4v) is 5.69. The number of hydrogen-bond acceptors (Lipinski definition) is 3. The van der Waals surface area contributed by atoms with Crippen LogP contribution in [0.4, 0.5) is 4.39 Å². The lowest BCUT2D eigenvalue weighted by molar-refractivity contribution is -0.151. The molecule has 178 valence electrons. The van der Waals surface area contributed by atoms with Crippen LogP contribution >= 0.6 is 0 Å². The Kier molecular flexibility index (Phi) is 9.76. The number of carbonyl (C=O) groups is 2. The van der Waals surface area contributed by atoms with Crippen molar-refractivity contribution in [3.8, 4) is 0 Å². The summed E-state index contributed by atoms with van der Waals surface area (Å²) in [5.74, 6) is -0.109. The van der Waals surface area contributed by atoms with Crippen LogP contribution in [-0.4, -0.2) is 39.2 Å². The summed E-state index contributed by atoms with van der Waals surface area (Å²) in [7, 11) is 0. The van der Waals surface area contributed by atoms with Crippen molar-refractivity contribution in [1.82, 2.24) is 10.2 Å². The molecule has 33 heavy (non-hydrogen) atoms. The SMILES string of the molecule is CCC(C(=O)NCCCCCCc1ccc(F)cc1)N1C(=O)CC1[S+]([O-])Cc1ccccc1. The number of β-lactam (4-membered cyclic amide) rings is 1. The third kappa shape index (κ3) is 7.30. The van der Waals surface area contributed by atoms with Gasteiger partial charge in [0.25, 0.3) is 0 Å². The number of carbonyl (C=O) groups excluding carboxylic acids is 2. The third-order valence-electron chi connectivity index (χ3n) is 6.03. The summed E-state index contributed by atoms with van der Waals surface area (Å²) >= 11 is -1.24. The number of nitrogens with one attached hydrogen (secondary N) is 1. The van der Waals surface area contributed by atoms with Gasteiger partial charge in [0.15, 0.2) is 5.37 Å². The maximum Gasteiger partial charge on any atom is 0.242 e. The van der Waals surface area contributed by atoms with E-state index in [2.05, 4.69) is 5.32 Å². The Morgan fingerprint density at radius 3 is 2.45 bits per heavy atom. The van der Waals surface area contributed by atoms with E-state index in [0.29, 0.717) is 18.7 Å². The highest BCUT2D eigenvalue weighted by molar-refractivity contribution is 7.91. The first-order valence-electron chi connectivity index (χ1n) is 11.7. The van der Waals surface area contributed by atoms with Gasteiger partial charge >= 0.3 is 0 Å². The molecule has 1 saturated heterocycles. The van der Waals surface area contributed by atoms with Crippen LogP contribution in [0.5, 0.6) is 0 Å². The summed E-state index contributed by atoms with van der Waals surface area (Å²) in [4.78, 5) is 26.5. The van der Waals surface area contributed by atoms with Crippen molar-refractivity contribution >= 4 is 23.0 Å². The van der Waals surface area contributed by atoms with Gasteiger partial charge in [0.05, 0.1) is 6.42 Å². The van der Waals surface area contributed by atoms with Crippen LogP contribution in [0, 0.1) is 5.82 Å². The van der Waals surface area contributed by atoms with Crippen molar-refractivity contribution in [2.24, 2.45) is 0 Å². The molecule has 0 radical (unpaired) electrons. The van der Waals surface area contributed by atoms with Crippen molar-refractivity contribution < 1.29 is 18.5 Å². The van der Waals surface area contributed by atoms with E-state index in [0.717, 1.165) is 43.2 Å². The Hall–Kier alpha value is -2.38. The lowest BCUT2D eigenvalue weighted by Crippen LogP contribution is -2.64. The molecule has 5 nitrogen and oxygen atoms in total. The van der Waals surface area contributed by atoms with Crippen LogP contribution in [0.2, 0.25) is 0 Å². The Morgan fingerprint density at radius 2 is 1.79 bits per heavy atom. The maximum atomic E-state index is 12.9. The van der Waals surface area contributed by atoms with Crippen LogP contribution in [0.25, 0.3) is 0 Å². The number of amides is 2. The number of benzene rings is 2. The minimum absolute atomic E-state index is 0.107. The van der Waals surface area contributed by atoms with Gasteiger partial charge in [0.2, 0.25) is 11.8 Å². The summed E-state index contributed by atoms with van der Waals surface area (Å²) < 4.78 is 25.8. The monoisotopic (exact) mass is 472 g/mol. The number of halogens is 1. The number of unbranched alkanes of at least 4 members (excludes halogenated alkanes) is 3. The highest BCUT2D eigenvalue weighted by Gasteiger charge is 2.49. The van der Waals surface area contributed by atoms with Gasteiger partial charge in [-0.3, -0.25) is 14.5 Å². The third-order valence-corrected chi connectivity index (χ3v) is 7.65. The first-order valence-corrected chi connectivity index (χ1v) is 13.1. The van der Waals surface area contributed by atoms with Gasteiger partial charge in [-0.05, 0) is 54.6 Å². The highest BCUT2D eigenvalue weighted by Crippen LogP contribution is 2.30. The van der Waals surface area contributed by atoms with E-state index < -0.39 is 22.6 Å². The van der Waals surface area contributed by atoms with Crippen LogP contribution in [-0.2, 0) is 32.9 Å². The predicted octanol–water partition coefficient (Wildman–Crippen LogP) is 4.33. The summed E-state index contributed by atoms with van der Waals surface area (Å²) in [5.41, 5.74) is 2.10. The van der Waals surface area contributed by atoms with Crippen LogP contribution < -0.4 is 5.32 Å². The molecule has 3 atom stereocenters. The van der Waals surface area contributed by atoms with E-state index in [1.165, 1.54) is 17.0 Å². The lowest BCUT2D eigenvalue weighted by Gasteiger charge is -2.44. The molecule has 0 aliphatic carbocycles. The van der Waals surface area contributed by atoms with Crippen LogP contribution in [0.15, 0.2) is 54.6 Å². The largest absolute Gasteiger partial charge is 0.614 e. The Balaban J connectivity index is 1.37. The molecule has 3 unspecified atom stereocenters. The Bertz CT molecular complexity index is 894. The van der Waals surface area contributed by atoms with E-state index in [4.69, 9.17) is 0 Å². The highest BCUT2D eigenvalue weighted by atomic mass is 32.2. The quantitative estimate of drug-likeness (QED) is 0.268. The number of nitrogens with zero attached hydrogens (tertiary/aromatic N) is 1. The molecule has 0 bridgehead atoms. The standard InChI is InChI=1S/C26H33FN2O3S/c1-2-23(29-24(30)18-25(29)33(32)19-21-11-7-5-8-12-21)26(31)28-17-9-4-3-6-10-20-13-15-22(27)16-14-20/h5,7-8,11-16,23,25H,2-4,6,9-10,17-19H2,1H3,(H,28,31). The number of hydrogen-bond donors (Lipinski definition) is 1. The van der Waals surface area contributed by atoms with E-state index in [1.54, 1.807) is 0 Å². The van der Waals surface area contributed by atoms with E-state index >= 15 is 0 Å². The summed E-state index contributed by atoms with van der Waals surface area (Å²) in [6, 6.07) is 15.6. The molecule has 2 aromatic rings. The minimum atomic E-state index is -1.24. The second-order valence-electron chi connectivity index (χ2n) is 8.48. The molecule has 0 aromatic heterocycles. The normalized spacial score (nSPS) is 17.4. The van der Waals surface area contributed by atoms with Gasteiger partial charge in [-0.2, -0.15) is 0 Å². The molecule has 1 heterocycles. The Morgan fingerprint density at radius 1 is 1.09 bits per heavy atom. The van der Waals surface area contributed by atoms with Crippen LogP contribution in [0.1, 0.15) is 56.6 Å². The molecule has 1 fully saturated rings. The van der Waals surface area contributed by atoms with Crippen LogP contribution in [0.3, 0.4) is 0 Å². The smallest absolute Gasteiger partial charge is 0.242 e. The molecule has 2 aromatic carbocycles. The second kappa shape index (κ2) is 12.8. The topological polar surface area (TPSA) is 72.5 Å². The van der Waals surface area contributed by atoms with Gasteiger partial charge in [-0.25, -0.2) is 4.39 Å². The molecule has 1 aliphatic heterocycles. The molecule has 0 saturated carbocycles. The second-order valence-corrected chi connectivity index (χ2v) is 10.1. The summed E-state index contributed by atoms with van der Waals surface area (Å²) in [5, 5.41) is 2.55. The molecule has 0 spiro atoms. The average Bonchev–Trinajstić information content (AvgIpc) is 2.81. The number of aryl methyl sites for hydroxylation is 1. The molecular weight excluding hydrogens is 439 g/mol. The zero-order valence-corrected chi connectivity index (χ0v) is 20.0. The van der Waals surface area contributed by atoms with Gasteiger partial charge in [0.1, 0.15) is 17.6 Å². The molecule has 7 heteroatoms. The van der Waals surface area contributed by atoms with Crippen molar-refractivity contribution in [1.29, 1.82) is 0 Å². The van der Waals surface area contributed by atoms with Crippen molar-refractivity contribution in [3.05, 3.63) is 71.5 Å². The predicted molar refractivity (Wildman–Crippen MR) is 129 cm³/mol. The fraction of sp³-hybridized carbons (Fsp3) is 0.462. The first-order chi connectivity index (χ1) is 16.0. The number of likely N-dealkylation sites (tertiary alicyclic amines) is 1. The lowest BCUT2D eigenvalue weighted by atomic mass is 10.1. The van der Waals surface area contributed by atoms with Gasteiger partial charge in [-0.1, -0.05) is 62.2 Å². The zero-order valence-electron chi connectivity index (χ0n) is 19.2. The fourth-order valence-electron chi connectivity index (χ4n) is 4.13. The number of rotatable bonds is 13. The Labute approximate surface area is 198 Å². The zero-order chi connectivity index (χ0) is 23.6. The van der Waals surface area contributed by atoms with Crippen molar-refractivity contribution in [2.75, 3.05) is 6.54 Å². The molecular formula is C26H33FN2O3S. The summed E-state index contributed by atoms with van der Waals surface area (Å²) in [6.45, 7) is 2.44.